The first-order chi connectivity index (χ1) is 12.8. The number of carbonyl (C=O) groups is 1. The number of ether oxygens (including phenoxy) is 2. The van der Waals surface area contributed by atoms with Crippen molar-refractivity contribution < 1.29 is 22.7 Å². The SMILES string of the molecule is Cc1cccc(N(CC(=O)NC[C@H]2COc3ccccc3O2)S(C)(=O)=O)c1. The van der Waals surface area contributed by atoms with Crippen molar-refractivity contribution in [1.82, 2.24) is 5.32 Å². The van der Waals surface area contributed by atoms with Gasteiger partial charge >= 0.3 is 0 Å². The minimum atomic E-state index is -3.60. The van der Waals surface area contributed by atoms with Crippen LogP contribution in [0.2, 0.25) is 0 Å². The number of rotatable bonds is 6. The fourth-order valence-electron chi connectivity index (χ4n) is 2.76. The maximum Gasteiger partial charge on any atom is 0.240 e. The van der Waals surface area contributed by atoms with E-state index in [1.165, 1.54) is 0 Å². The molecule has 0 aromatic heterocycles. The third-order valence-corrected chi connectivity index (χ3v) is 5.21. The Morgan fingerprint density at radius 1 is 1.19 bits per heavy atom. The van der Waals surface area contributed by atoms with Crippen molar-refractivity contribution in [2.45, 2.75) is 13.0 Å². The molecule has 1 aliphatic heterocycles. The molecule has 0 radical (unpaired) electrons. The lowest BCUT2D eigenvalue weighted by Gasteiger charge is -2.27. The summed E-state index contributed by atoms with van der Waals surface area (Å²) in [6, 6.07) is 14.3. The zero-order chi connectivity index (χ0) is 19.4. The van der Waals surface area contributed by atoms with Crippen LogP contribution in [-0.2, 0) is 14.8 Å². The molecule has 0 fully saturated rings. The third kappa shape index (κ3) is 4.91. The number of nitrogens with one attached hydrogen (secondary N) is 1. The van der Waals surface area contributed by atoms with Crippen molar-refractivity contribution >= 4 is 21.6 Å². The lowest BCUT2D eigenvalue weighted by atomic mass is 10.2. The molecule has 1 heterocycles. The van der Waals surface area contributed by atoms with Crippen molar-refractivity contribution in [3.8, 4) is 11.5 Å². The summed E-state index contributed by atoms with van der Waals surface area (Å²) >= 11 is 0. The molecular formula is C19H22N2O5S. The topological polar surface area (TPSA) is 84.9 Å². The molecule has 0 saturated heterocycles. The van der Waals surface area contributed by atoms with Gasteiger partial charge in [-0.1, -0.05) is 24.3 Å². The van der Waals surface area contributed by atoms with Gasteiger partial charge in [0.15, 0.2) is 11.5 Å². The minimum Gasteiger partial charge on any atom is -0.486 e. The first-order valence-electron chi connectivity index (χ1n) is 8.52. The van der Waals surface area contributed by atoms with Crippen LogP contribution in [0, 0.1) is 6.92 Å². The molecule has 27 heavy (non-hydrogen) atoms. The molecule has 1 amide bonds. The van der Waals surface area contributed by atoms with Crippen LogP contribution in [-0.4, -0.2) is 46.4 Å². The molecular weight excluding hydrogens is 368 g/mol. The zero-order valence-electron chi connectivity index (χ0n) is 15.2. The molecule has 0 aliphatic carbocycles. The van der Waals surface area contributed by atoms with Gasteiger partial charge in [0, 0.05) is 0 Å². The highest BCUT2D eigenvalue weighted by molar-refractivity contribution is 7.92. The van der Waals surface area contributed by atoms with Gasteiger partial charge in [0.1, 0.15) is 19.3 Å². The Bertz CT molecular complexity index is 929. The fraction of sp³-hybridized carbons (Fsp3) is 0.316. The monoisotopic (exact) mass is 390 g/mol. The van der Waals surface area contributed by atoms with Crippen LogP contribution in [0.4, 0.5) is 5.69 Å². The van der Waals surface area contributed by atoms with Crippen molar-refractivity contribution in [3.63, 3.8) is 0 Å². The fourth-order valence-corrected chi connectivity index (χ4v) is 3.61. The van der Waals surface area contributed by atoms with Gasteiger partial charge in [-0.3, -0.25) is 9.10 Å². The lowest BCUT2D eigenvalue weighted by molar-refractivity contribution is -0.120. The molecule has 0 bridgehead atoms. The minimum absolute atomic E-state index is 0.221. The number of hydrogen-bond acceptors (Lipinski definition) is 5. The van der Waals surface area contributed by atoms with Crippen LogP contribution in [0.5, 0.6) is 11.5 Å². The van der Waals surface area contributed by atoms with E-state index in [0.717, 1.165) is 16.1 Å². The van der Waals surface area contributed by atoms with Crippen molar-refractivity contribution in [3.05, 3.63) is 54.1 Å². The highest BCUT2D eigenvalue weighted by Crippen LogP contribution is 2.30. The van der Waals surface area contributed by atoms with Crippen LogP contribution >= 0.6 is 0 Å². The summed E-state index contributed by atoms with van der Waals surface area (Å²) in [4.78, 5) is 12.3. The van der Waals surface area contributed by atoms with Gasteiger partial charge in [0.25, 0.3) is 0 Å². The summed E-state index contributed by atoms with van der Waals surface area (Å²) in [5.41, 5.74) is 1.37. The average Bonchev–Trinajstić information content (AvgIpc) is 2.63. The van der Waals surface area contributed by atoms with E-state index in [4.69, 9.17) is 9.47 Å². The molecule has 3 rings (SSSR count). The Morgan fingerprint density at radius 2 is 1.93 bits per heavy atom. The molecule has 2 aromatic rings. The van der Waals surface area contributed by atoms with Crippen LogP contribution in [0.3, 0.4) is 0 Å². The van der Waals surface area contributed by atoms with E-state index >= 15 is 0 Å². The number of para-hydroxylation sites is 2. The highest BCUT2D eigenvalue weighted by Gasteiger charge is 2.24. The van der Waals surface area contributed by atoms with Crippen LogP contribution in [0.15, 0.2) is 48.5 Å². The molecule has 0 saturated carbocycles. The second-order valence-corrected chi connectivity index (χ2v) is 8.32. The standard InChI is InChI=1S/C19H22N2O5S/c1-14-6-5-7-15(10-14)21(27(2,23)24)12-19(22)20-11-16-13-25-17-8-3-4-9-18(17)26-16/h3-10,16H,11-13H2,1-2H3,(H,20,22)/t16-/m0/s1. The number of carbonyl (C=O) groups excluding carboxylic acids is 1. The van der Waals surface area contributed by atoms with E-state index < -0.39 is 15.9 Å². The van der Waals surface area contributed by atoms with Gasteiger partial charge in [-0.15, -0.1) is 0 Å². The number of sulfonamides is 1. The van der Waals surface area contributed by atoms with Gasteiger partial charge in [0.2, 0.25) is 15.9 Å². The molecule has 1 atom stereocenters. The maximum atomic E-state index is 12.3. The van der Waals surface area contributed by atoms with Gasteiger partial charge in [-0.05, 0) is 36.8 Å². The first-order valence-corrected chi connectivity index (χ1v) is 10.4. The molecule has 8 heteroatoms. The second kappa shape index (κ2) is 7.87. The van der Waals surface area contributed by atoms with Crippen molar-refractivity contribution in [1.29, 1.82) is 0 Å². The van der Waals surface area contributed by atoms with E-state index in [1.54, 1.807) is 24.3 Å². The molecule has 144 valence electrons. The Hall–Kier alpha value is -2.74. The Labute approximate surface area is 158 Å². The molecule has 0 unspecified atom stereocenters. The first kappa shape index (κ1) is 19.0. The number of hydrogen-bond donors (Lipinski definition) is 1. The van der Waals surface area contributed by atoms with E-state index in [9.17, 15) is 13.2 Å². The van der Waals surface area contributed by atoms with E-state index in [2.05, 4.69) is 5.32 Å². The summed E-state index contributed by atoms with van der Waals surface area (Å²) in [5.74, 6) is 0.882. The van der Waals surface area contributed by atoms with Gasteiger partial charge in [-0.2, -0.15) is 0 Å². The summed E-state index contributed by atoms with van der Waals surface area (Å²) in [7, 11) is -3.60. The third-order valence-electron chi connectivity index (χ3n) is 4.07. The second-order valence-electron chi connectivity index (χ2n) is 6.41. The Kier molecular flexibility index (Phi) is 5.55. The number of anilines is 1. The molecule has 7 nitrogen and oxygen atoms in total. The lowest BCUT2D eigenvalue weighted by Crippen LogP contribution is -2.45. The molecule has 0 spiro atoms. The number of benzene rings is 2. The summed E-state index contributed by atoms with van der Waals surface area (Å²) in [6.07, 6.45) is 0.743. The van der Waals surface area contributed by atoms with Gasteiger partial charge in [0.05, 0.1) is 18.5 Å². The van der Waals surface area contributed by atoms with Gasteiger partial charge in [-0.25, -0.2) is 8.42 Å². The van der Waals surface area contributed by atoms with Gasteiger partial charge < -0.3 is 14.8 Å². The molecule has 1 aliphatic rings. The quantitative estimate of drug-likeness (QED) is 0.812. The highest BCUT2D eigenvalue weighted by atomic mass is 32.2. The van der Waals surface area contributed by atoms with Crippen molar-refractivity contribution in [2.75, 3.05) is 30.3 Å². The Balaban J connectivity index is 1.60. The normalized spacial score (nSPS) is 15.9. The number of nitrogens with zero attached hydrogens (tertiary/aromatic N) is 1. The van der Waals surface area contributed by atoms with Crippen molar-refractivity contribution in [2.24, 2.45) is 0 Å². The number of fused-ring (bicyclic) bond motifs is 1. The van der Waals surface area contributed by atoms with E-state index in [0.29, 0.717) is 23.8 Å². The summed E-state index contributed by atoms with van der Waals surface area (Å²) in [6.45, 7) is 2.10. The van der Waals surface area contributed by atoms with Crippen LogP contribution in [0.1, 0.15) is 5.56 Å². The van der Waals surface area contributed by atoms with Crippen LogP contribution < -0.4 is 19.1 Å². The summed E-state index contributed by atoms with van der Waals surface area (Å²) in [5, 5.41) is 2.72. The predicted molar refractivity (Wildman–Crippen MR) is 103 cm³/mol. The Morgan fingerprint density at radius 3 is 2.63 bits per heavy atom. The maximum absolute atomic E-state index is 12.3. The van der Waals surface area contributed by atoms with E-state index in [1.807, 2.05) is 31.2 Å². The zero-order valence-corrected chi connectivity index (χ0v) is 16.0. The molecule has 1 N–H and O–H groups in total. The van der Waals surface area contributed by atoms with Crippen LogP contribution in [0.25, 0.3) is 0 Å². The molecule has 2 aromatic carbocycles. The smallest absolute Gasteiger partial charge is 0.240 e. The predicted octanol–water partition coefficient (Wildman–Crippen LogP) is 1.72. The average molecular weight is 390 g/mol. The largest absolute Gasteiger partial charge is 0.486 e. The number of aryl methyl sites for hydroxylation is 1. The summed E-state index contributed by atoms with van der Waals surface area (Å²) < 4.78 is 36.7. The van der Waals surface area contributed by atoms with E-state index in [-0.39, 0.29) is 19.2 Å². The number of amides is 1.